The van der Waals surface area contributed by atoms with E-state index in [2.05, 4.69) is 106 Å². The predicted octanol–water partition coefficient (Wildman–Crippen LogP) is 7.50. The lowest BCUT2D eigenvalue weighted by molar-refractivity contribution is -0.685. The molecule has 5 rings (SSSR count). The van der Waals surface area contributed by atoms with Crippen molar-refractivity contribution >= 4 is 10.9 Å². The van der Waals surface area contributed by atoms with Crippen molar-refractivity contribution in [3.8, 4) is 22.4 Å². The molecule has 0 aliphatic carbocycles. The van der Waals surface area contributed by atoms with E-state index in [1.165, 1.54) is 55.5 Å². The fourth-order valence-corrected chi connectivity index (χ4v) is 6.24. The summed E-state index contributed by atoms with van der Waals surface area (Å²) < 4.78 is 8.09. The number of pyridine rings is 1. The SMILES string of the molecule is C=C(COC)C1C(CCO)c2ccc(C)cc2-c2cc(CC(C)C)c3cc(-c4ccc(C)cc4)ccc3[n+]21. The Labute approximate surface area is 227 Å². The summed E-state index contributed by atoms with van der Waals surface area (Å²) in [6.45, 7) is 14.0. The molecule has 0 saturated heterocycles. The molecule has 2 unspecified atom stereocenters. The molecule has 0 spiro atoms. The Morgan fingerprint density at radius 2 is 1.66 bits per heavy atom. The van der Waals surface area contributed by atoms with Gasteiger partial charge in [0.05, 0.1) is 23.5 Å². The van der Waals surface area contributed by atoms with E-state index < -0.39 is 0 Å². The van der Waals surface area contributed by atoms with E-state index in [-0.39, 0.29) is 18.6 Å². The van der Waals surface area contributed by atoms with Crippen molar-refractivity contribution in [3.05, 3.63) is 101 Å². The standard InChI is InChI=1S/C35H40NO2/c1-22(2)17-28-20-34-32-18-24(4)9-13-29(32)30(15-16-37)35(25(5)21-38-6)36(34)33-14-12-27(19-31(28)33)26-10-7-23(3)8-11-26/h7-14,18-20,22,30,35,37H,5,15-17,21H2,1-4,6H3/q+1. The van der Waals surface area contributed by atoms with Crippen LogP contribution in [0.5, 0.6) is 0 Å². The molecule has 0 bridgehead atoms. The normalized spacial score (nSPS) is 16.5. The molecular formula is C35H40NO2+. The van der Waals surface area contributed by atoms with Crippen LogP contribution in [0.2, 0.25) is 0 Å². The van der Waals surface area contributed by atoms with Crippen LogP contribution in [0.4, 0.5) is 0 Å². The fraction of sp³-hybridized carbons (Fsp3) is 0.343. The Morgan fingerprint density at radius 1 is 0.947 bits per heavy atom. The minimum atomic E-state index is -0.00636. The average molecular weight is 507 g/mol. The van der Waals surface area contributed by atoms with Gasteiger partial charge in [0.1, 0.15) is 0 Å². The van der Waals surface area contributed by atoms with Crippen LogP contribution in [0.1, 0.15) is 54.5 Å². The Balaban J connectivity index is 1.85. The predicted molar refractivity (Wildman–Crippen MR) is 158 cm³/mol. The summed E-state index contributed by atoms with van der Waals surface area (Å²) in [4.78, 5) is 0. The molecule has 0 amide bonds. The highest BCUT2D eigenvalue weighted by Gasteiger charge is 2.43. The van der Waals surface area contributed by atoms with Crippen molar-refractivity contribution in [1.82, 2.24) is 0 Å². The van der Waals surface area contributed by atoms with Crippen LogP contribution in [0.3, 0.4) is 0 Å². The van der Waals surface area contributed by atoms with Crippen LogP contribution in [-0.2, 0) is 11.2 Å². The van der Waals surface area contributed by atoms with Gasteiger partial charge in [0, 0.05) is 31.4 Å². The summed E-state index contributed by atoms with van der Waals surface area (Å²) in [7, 11) is 1.73. The Hall–Kier alpha value is -3.27. The van der Waals surface area contributed by atoms with E-state index in [1.54, 1.807) is 7.11 Å². The number of rotatable bonds is 8. The molecule has 0 radical (unpaired) electrons. The van der Waals surface area contributed by atoms with Crippen LogP contribution in [0.15, 0.2) is 78.9 Å². The molecule has 0 saturated carbocycles. The lowest BCUT2D eigenvalue weighted by Gasteiger charge is -2.33. The smallest absolute Gasteiger partial charge is 0.214 e. The summed E-state index contributed by atoms with van der Waals surface area (Å²) >= 11 is 0. The zero-order chi connectivity index (χ0) is 27.0. The van der Waals surface area contributed by atoms with Gasteiger partial charge in [0.2, 0.25) is 11.2 Å². The minimum Gasteiger partial charge on any atom is -0.396 e. The lowest BCUT2D eigenvalue weighted by atomic mass is 9.77. The number of aliphatic hydroxyl groups excluding tert-OH is 1. The highest BCUT2D eigenvalue weighted by molar-refractivity contribution is 5.87. The first-order valence-electron chi connectivity index (χ1n) is 13.8. The van der Waals surface area contributed by atoms with Gasteiger partial charge in [-0.05, 0) is 73.1 Å². The van der Waals surface area contributed by atoms with Crippen molar-refractivity contribution < 1.29 is 14.4 Å². The second-order valence-corrected chi connectivity index (χ2v) is 11.4. The third-order valence-corrected chi connectivity index (χ3v) is 7.92. The molecule has 1 aromatic heterocycles. The number of aromatic nitrogens is 1. The molecule has 3 heteroatoms. The maximum absolute atomic E-state index is 10.1. The summed E-state index contributed by atoms with van der Waals surface area (Å²) in [5.41, 5.74) is 12.4. The van der Waals surface area contributed by atoms with Crippen molar-refractivity contribution in [1.29, 1.82) is 0 Å². The van der Waals surface area contributed by atoms with Crippen molar-refractivity contribution in [2.24, 2.45) is 5.92 Å². The molecule has 2 heterocycles. The van der Waals surface area contributed by atoms with E-state index in [1.807, 2.05) is 0 Å². The number of benzene rings is 3. The van der Waals surface area contributed by atoms with Crippen molar-refractivity contribution in [2.75, 3.05) is 20.3 Å². The lowest BCUT2D eigenvalue weighted by Crippen LogP contribution is -2.50. The van der Waals surface area contributed by atoms with Gasteiger partial charge >= 0.3 is 0 Å². The monoisotopic (exact) mass is 506 g/mol. The van der Waals surface area contributed by atoms with Crippen molar-refractivity contribution in [3.63, 3.8) is 0 Å². The quantitative estimate of drug-likeness (QED) is 0.198. The van der Waals surface area contributed by atoms with Gasteiger partial charge < -0.3 is 9.84 Å². The Morgan fingerprint density at radius 3 is 2.34 bits per heavy atom. The molecule has 1 aliphatic rings. The number of hydrogen-bond donors (Lipinski definition) is 1. The fourth-order valence-electron chi connectivity index (χ4n) is 6.24. The Kier molecular flexibility index (Phi) is 7.52. The third-order valence-electron chi connectivity index (χ3n) is 7.92. The molecule has 4 aromatic rings. The maximum Gasteiger partial charge on any atom is 0.214 e. The molecule has 196 valence electrons. The van der Waals surface area contributed by atoms with Gasteiger partial charge in [-0.1, -0.05) is 68.0 Å². The first kappa shape index (κ1) is 26.3. The van der Waals surface area contributed by atoms with E-state index in [0.29, 0.717) is 18.9 Å². The number of ether oxygens (including phenoxy) is 1. The van der Waals surface area contributed by atoms with Crippen molar-refractivity contribution in [2.45, 2.75) is 52.5 Å². The van der Waals surface area contributed by atoms with Crippen LogP contribution in [0, 0.1) is 19.8 Å². The molecule has 1 N–H and O–H groups in total. The number of fused-ring (bicyclic) bond motifs is 5. The number of aryl methyl sites for hydroxylation is 2. The number of nitrogens with zero attached hydrogens (tertiary/aromatic N) is 1. The average Bonchev–Trinajstić information content (AvgIpc) is 2.89. The molecule has 3 nitrogen and oxygen atoms in total. The molecule has 3 aromatic carbocycles. The van der Waals surface area contributed by atoms with Gasteiger partial charge in [-0.3, -0.25) is 0 Å². The second-order valence-electron chi connectivity index (χ2n) is 11.4. The Bertz CT molecular complexity index is 1480. The number of methoxy groups -OCH3 is 1. The summed E-state index contributed by atoms with van der Waals surface area (Å²) in [6.07, 6.45) is 1.68. The van der Waals surface area contributed by atoms with E-state index >= 15 is 0 Å². The van der Waals surface area contributed by atoms with Crippen LogP contribution >= 0.6 is 0 Å². The third kappa shape index (κ3) is 4.81. The first-order chi connectivity index (χ1) is 18.3. The van der Waals surface area contributed by atoms with Gasteiger partial charge in [-0.2, -0.15) is 4.57 Å². The van der Waals surface area contributed by atoms with E-state index in [9.17, 15) is 5.11 Å². The number of hydrogen-bond acceptors (Lipinski definition) is 2. The molecule has 1 aliphatic heterocycles. The first-order valence-corrected chi connectivity index (χ1v) is 13.8. The van der Waals surface area contributed by atoms with E-state index in [4.69, 9.17) is 4.74 Å². The zero-order valence-electron chi connectivity index (χ0n) is 23.4. The molecule has 38 heavy (non-hydrogen) atoms. The second kappa shape index (κ2) is 10.8. The van der Waals surface area contributed by atoms with Gasteiger partial charge in [0.15, 0.2) is 6.04 Å². The summed E-state index contributed by atoms with van der Waals surface area (Å²) in [5.74, 6) is 0.651. The topological polar surface area (TPSA) is 33.3 Å². The molecule has 2 atom stereocenters. The van der Waals surface area contributed by atoms with Crippen LogP contribution < -0.4 is 4.57 Å². The van der Waals surface area contributed by atoms with Crippen LogP contribution in [0.25, 0.3) is 33.3 Å². The molecule has 0 fully saturated rings. The summed E-state index contributed by atoms with van der Waals surface area (Å²) in [6, 6.07) is 24.9. The maximum atomic E-state index is 10.1. The van der Waals surface area contributed by atoms with Gasteiger partial charge in [-0.15, -0.1) is 0 Å². The van der Waals surface area contributed by atoms with Gasteiger partial charge in [-0.25, -0.2) is 0 Å². The minimum absolute atomic E-state index is 0.00636. The highest BCUT2D eigenvalue weighted by Crippen LogP contribution is 2.45. The summed E-state index contributed by atoms with van der Waals surface area (Å²) in [5, 5.41) is 11.4. The number of aliphatic hydroxyl groups is 1. The van der Waals surface area contributed by atoms with E-state index in [0.717, 1.165) is 12.0 Å². The largest absolute Gasteiger partial charge is 0.396 e. The van der Waals surface area contributed by atoms with Crippen LogP contribution in [-0.4, -0.2) is 25.4 Å². The highest BCUT2D eigenvalue weighted by atomic mass is 16.5. The zero-order valence-corrected chi connectivity index (χ0v) is 23.4. The van der Waals surface area contributed by atoms with Gasteiger partial charge in [0.25, 0.3) is 0 Å². The molecular weight excluding hydrogens is 466 g/mol.